The van der Waals surface area contributed by atoms with Crippen molar-refractivity contribution in [3.8, 4) is 0 Å². The molecule has 0 aliphatic rings. The summed E-state index contributed by atoms with van der Waals surface area (Å²) in [6, 6.07) is 1.39. The third-order valence-electron chi connectivity index (χ3n) is 2.35. The fourth-order valence-electron chi connectivity index (χ4n) is 1.66. The van der Waals surface area contributed by atoms with Gasteiger partial charge >= 0.3 is 0 Å². The van der Waals surface area contributed by atoms with E-state index < -0.39 is 0 Å². The van der Waals surface area contributed by atoms with Gasteiger partial charge < -0.3 is 0 Å². The lowest BCUT2D eigenvalue weighted by molar-refractivity contribution is 0.171. The molecule has 0 aliphatic carbocycles. The highest BCUT2D eigenvalue weighted by Gasteiger charge is 2.11. The van der Waals surface area contributed by atoms with Crippen LogP contribution in [-0.4, -0.2) is 23.5 Å². The van der Waals surface area contributed by atoms with E-state index in [9.17, 15) is 0 Å². The molecule has 0 aromatic carbocycles. The van der Waals surface area contributed by atoms with Crippen LogP contribution in [0.2, 0.25) is 0 Å². The van der Waals surface area contributed by atoms with Gasteiger partial charge in [0.1, 0.15) is 0 Å². The number of hydrogen-bond donors (Lipinski definition) is 0. The first-order valence-electron chi connectivity index (χ1n) is 5.35. The quantitative estimate of drug-likeness (QED) is 0.554. The summed E-state index contributed by atoms with van der Waals surface area (Å²) in [5.74, 6) is 0. The second-order valence-electron chi connectivity index (χ2n) is 4.13. The van der Waals surface area contributed by atoms with Crippen molar-refractivity contribution < 1.29 is 0 Å². The SMILES string of the molecule is CCCCCN(C(C)C)C(C)C. The molecule has 74 valence electrons. The van der Waals surface area contributed by atoms with E-state index >= 15 is 0 Å². The predicted molar refractivity (Wildman–Crippen MR) is 56.5 cm³/mol. The third kappa shape index (κ3) is 4.76. The van der Waals surface area contributed by atoms with Gasteiger partial charge in [-0.25, -0.2) is 0 Å². The normalized spacial score (nSPS) is 12.0. The van der Waals surface area contributed by atoms with Crippen molar-refractivity contribution >= 4 is 0 Å². The van der Waals surface area contributed by atoms with Crippen molar-refractivity contribution in [1.29, 1.82) is 0 Å². The van der Waals surface area contributed by atoms with Gasteiger partial charge in [0.15, 0.2) is 0 Å². The van der Waals surface area contributed by atoms with Crippen molar-refractivity contribution in [3.05, 3.63) is 0 Å². The average Bonchev–Trinajstić information content (AvgIpc) is 1.96. The highest BCUT2D eigenvalue weighted by atomic mass is 15.2. The van der Waals surface area contributed by atoms with Gasteiger partial charge in [-0.1, -0.05) is 19.8 Å². The lowest BCUT2D eigenvalue weighted by Crippen LogP contribution is -2.37. The van der Waals surface area contributed by atoms with E-state index in [-0.39, 0.29) is 0 Å². The zero-order chi connectivity index (χ0) is 9.56. The highest BCUT2D eigenvalue weighted by Crippen LogP contribution is 2.07. The highest BCUT2D eigenvalue weighted by molar-refractivity contribution is 4.66. The molecule has 0 aliphatic heterocycles. The van der Waals surface area contributed by atoms with E-state index in [4.69, 9.17) is 0 Å². The number of hydrogen-bond acceptors (Lipinski definition) is 1. The summed E-state index contributed by atoms with van der Waals surface area (Å²) in [6.07, 6.45) is 4.05. The Morgan fingerprint density at radius 3 is 1.75 bits per heavy atom. The molecule has 1 heteroatoms. The summed E-state index contributed by atoms with van der Waals surface area (Å²) in [5.41, 5.74) is 0. The van der Waals surface area contributed by atoms with Crippen LogP contribution >= 0.6 is 0 Å². The van der Waals surface area contributed by atoms with E-state index in [1.165, 1.54) is 25.8 Å². The first-order chi connectivity index (χ1) is 5.59. The summed E-state index contributed by atoms with van der Waals surface area (Å²) in [4.78, 5) is 2.57. The summed E-state index contributed by atoms with van der Waals surface area (Å²) >= 11 is 0. The minimum atomic E-state index is 0.696. The molecule has 12 heavy (non-hydrogen) atoms. The molecule has 0 amide bonds. The first-order valence-corrected chi connectivity index (χ1v) is 5.35. The van der Waals surface area contributed by atoms with Crippen LogP contribution < -0.4 is 0 Å². The lowest BCUT2D eigenvalue weighted by atomic mass is 10.2. The fraction of sp³-hybridized carbons (Fsp3) is 1.00. The molecule has 0 saturated heterocycles. The molecule has 0 bridgehead atoms. The van der Waals surface area contributed by atoms with Crippen molar-refractivity contribution in [2.24, 2.45) is 0 Å². The summed E-state index contributed by atoms with van der Waals surface area (Å²) in [7, 11) is 0. The zero-order valence-corrected chi connectivity index (χ0v) is 9.43. The maximum atomic E-state index is 2.57. The van der Waals surface area contributed by atoms with Gasteiger partial charge in [-0.3, -0.25) is 4.90 Å². The maximum Gasteiger partial charge on any atom is 0.00412 e. The first kappa shape index (κ1) is 12.0. The van der Waals surface area contributed by atoms with Gasteiger partial charge in [0.05, 0.1) is 0 Å². The van der Waals surface area contributed by atoms with Gasteiger partial charge in [0.25, 0.3) is 0 Å². The standard InChI is InChI=1S/C11H25N/c1-6-7-8-9-12(10(2)3)11(4)5/h10-11H,6-9H2,1-5H3. The Kier molecular flexibility index (Phi) is 6.45. The molecule has 0 N–H and O–H groups in total. The Morgan fingerprint density at radius 1 is 0.917 bits per heavy atom. The van der Waals surface area contributed by atoms with Gasteiger partial charge in [-0.2, -0.15) is 0 Å². The minimum absolute atomic E-state index is 0.696. The largest absolute Gasteiger partial charge is 0.299 e. The van der Waals surface area contributed by atoms with E-state index in [1.807, 2.05) is 0 Å². The monoisotopic (exact) mass is 171 g/mol. The Bertz CT molecular complexity index is 89.2. The van der Waals surface area contributed by atoms with Crippen LogP contribution in [0.1, 0.15) is 53.9 Å². The van der Waals surface area contributed by atoms with E-state index in [1.54, 1.807) is 0 Å². The van der Waals surface area contributed by atoms with Gasteiger partial charge in [-0.15, -0.1) is 0 Å². The number of nitrogens with zero attached hydrogens (tertiary/aromatic N) is 1. The van der Waals surface area contributed by atoms with Gasteiger partial charge in [0, 0.05) is 12.1 Å². The maximum absolute atomic E-state index is 2.57. The Balaban J connectivity index is 3.64. The zero-order valence-electron chi connectivity index (χ0n) is 9.43. The van der Waals surface area contributed by atoms with E-state index in [0.717, 1.165) is 0 Å². The molecule has 0 heterocycles. The van der Waals surface area contributed by atoms with Crippen molar-refractivity contribution in [1.82, 2.24) is 4.90 Å². The minimum Gasteiger partial charge on any atom is -0.299 e. The van der Waals surface area contributed by atoms with Crippen molar-refractivity contribution in [3.63, 3.8) is 0 Å². The Labute approximate surface area is 78.1 Å². The van der Waals surface area contributed by atoms with E-state index in [2.05, 4.69) is 39.5 Å². The summed E-state index contributed by atoms with van der Waals surface area (Å²) in [5, 5.41) is 0. The third-order valence-corrected chi connectivity index (χ3v) is 2.35. The van der Waals surface area contributed by atoms with Crippen LogP contribution in [0.4, 0.5) is 0 Å². The molecule has 0 spiro atoms. The topological polar surface area (TPSA) is 3.24 Å². The van der Waals surface area contributed by atoms with Crippen molar-refractivity contribution in [2.75, 3.05) is 6.54 Å². The smallest absolute Gasteiger partial charge is 0.00412 e. The molecular weight excluding hydrogens is 146 g/mol. The van der Waals surface area contributed by atoms with Gasteiger partial charge in [0.2, 0.25) is 0 Å². The predicted octanol–water partition coefficient (Wildman–Crippen LogP) is 3.30. The molecule has 0 radical (unpaired) electrons. The Morgan fingerprint density at radius 2 is 1.42 bits per heavy atom. The fourth-order valence-corrected chi connectivity index (χ4v) is 1.66. The van der Waals surface area contributed by atoms with Crippen LogP contribution in [0, 0.1) is 0 Å². The molecule has 0 aromatic rings. The van der Waals surface area contributed by atoms with Crippen LogP contribution in [0.3, 0.4) is 0 Å². The molecule has 0 rings (SSSR count). The van der Waals surface area contributed by atoms with Gasteiger partial charge in [-0.05, 0) is 40.7 Å². The number of unbranched alkanes of at least 4 members (excludes halogenated alkanes) is 2. The molecule has 0 aromatic heterocycles. The van der Waals surface area contributed by atoms with Crippen LogP contribution in [0.25, 0.3) is 0 Å². The molecular formula is C11H25N. The molecule has 0 saturated carbocycles. The Hall–Kier alpha value is -0.0400. The molecule has 1 nitrogen and oxygen atoms in total. The van der Waals surface area contributed by atoms with E-state index in [0.29, 0.717) is 12.1 Å². The number of rotatable bonds is 6. The average molecular weight is 171 g/mol. The molecule has 0 unspecified atom stereocenters. The van der Waals surface area contributed by atoms with Crippen LogP contribution in [-0.2, 0) is 0 Å². The summed E-state index contributed by atoms with van der Waals surface area (Å²) in [6.45, 7) is 12.7. The van der Waals surface area contributed by atoms with Crippen molar-refractivity contribution in [2.45, 2.75) is 66.0 Å². The van der Waals surface area contributed by atoms with Crippen LogP contribution in [0.15, 0.2) is 0 Å². The lowest BCUT2D eigenvalue weighted by Gasteiger charge is -2.30. The molecule has 0 atom stereocenters. The summed E-state index contributed by atoms with van der Waals surface area (Å²) < 4.78 is 0. The second kappa shape index (κ2) is 6.47. The second-order valence-corrected chi connectivity index (χ2v) is 4.13. The van der Waals surface area contributed by atoms with Crippen LogP contribution in [0.5, 0.6) is 0 Å². The molecule has 0 fully saturated rings.